The maximum Gasteiger partial charge on any atom is 0.407 e. The smallest absolute Gasteiger partial charge is 0.407 e. The van der Waals surface area contributed by atoms with Gasteiger partial charge in [-0.15, -0.1) is 0 Å². The Labute approximate surface area is 192 Å². The summed E-state index contributed by atoms with van der Waals surface area (Å²) in [7, 11) is 0. The van der Waals surface area contributed by atoms with Crippen LogP contribution in [0.3, 0.4) is 0 Å². The second-order valence-corrected chi connectivity index (χ2v) is 11.0. The topological polar surface area (TPSA) is 117 Å². The molecule has 0 aromatic heterocycles. The summed E-state index contributed by atoms with van der Waals surface area (Å²) in [5, 5.41) is 8.89. The van der Waals surface area contributed by atoms with Crippen molar-refractivity contribution in [1.82, 2.24) is 15.5 Å². The van der Waals surface area contributed by atoms with Gasteiger partial charge in [-0.05, 0) is 64.0 Å². The van der Waals surface area contributed by atoms with Crippen molar-refractivity contribution in [2.75, 3.05) is 11.9 Å². The van der Waals surface area contributed by atoms with E-state index in [1.807, 2.05) is 32.9 Å². The number of anilines is 1. The van der Waals surface area contributed by atoms with Crippen LogP contribution in [0.5, 0.6) is 0 Å². The highest BCUT2D eigenvalue weighted by molar-refractivity contribution is 6.06. The van der Waals surface area contributed by atoms with Crippen molar-refractivity contribution in [3.8, 4) is 0 Å². The van der Waals surface area contributed by atoms with Gasteiger partial charge in [0, 0.05) is 41.9 Å². The van der Waals surface area contributed by atoms with E-state index >= 15 is 0 Å². The predicted octanol–water partition coefficient (Wildman–Crippen LogP) is 2.31. The molecular formula is C24H30N4O5. The minimum Gasteiger partial charge on any atom is -0.444 e. The molecular weight excluding hydrogens is 424 g/mol. The van der Waals surface area contributed by atoms with Crippen LogP contribution in [0.25, 0.3) is 0 Å². The maximum absolute atomic E-state index is 13.0. The average molecular weight is 455 g/mol. The molecule has 4 fully saturated rings. The second-order valence-electron chi connectivity index (χ2n) is 11.0. The molecule has 9 heteroatoms. The Balaban J connectivity index is 1.21. The van der Waals surface area contributed by atoms with Crippen molar-refractivity contribution in [2.45, 2.75) is 76.6 Å². The highest BCUT2D eigenvalue weighted by Crippen LogP contribution is 2.68. The minimum atomic E-state index is -0.618. The summed E-state index contributed by atoms with van der Waals surface area (Å²) in [4.78, 5) is 50.3. The summed E-state index contributed by atoms with van der Waals surface area (Å²) in [6.45, 7) is 6.48. The number of carbonyl (C=O) groups excluding carboxylic acids is 4. The number of hydrogen-bond donors (Lipinski definition) is 3. The van der Waals surface area contributed by atoms with E-state index in [-0.39, 0.29) is 35.3 Å². The molecule has 3 aliphatic carbocycles. The summed E-state index contributed by atoms with van der Waals surface area (Å²) in [5.74, 6) is -0.860. The summed E-state index contributed by atoms with van der Waals surface area (Å²) in [6, 6.07) is 5.01. The number of ether oxygens (including phenoxy) is 1. The highest BCUT2D eigenvalue weighted by Gasteiger charge is 2.67. The largest absolute Gasteiger partial charge is 0.444 e. The predicted molar refractivity (Wildman–Crippen MR) is 119 cm³/mol. The van der Waals surface area contributed by atoms with Gasteiger partial charge < -0.3 is 20.3 Å². The lowest BCUT2D eigenvalue weighted by molar-refractivity contribution is -0.136. The summed E-state index contributed by atoms with van der Waals surface area (Å²) in [6.07, 6.45) is 3.05. The third kappa shape index (κ3) is 3.83. The van der Waals surface area contributed by atoms with E-state index in [9.17, 15) is 19.2 Å². The zero-order chi connectivity index (χ0) is 23.6. The maximum atomic E-state index is 13.0. The Morgan fingerprint density at radius 2 is 1.94 bits per heavy atom. The first-order valence-electron chi connectivity index (χ1n) is 11.5. The van der Waals surface area contributed by atoms with Crippen LogP contribution in [0.2, 0.25) is 0 Å². The highest BCUT2D eigenvalue weighted by atomic mass is 16.6. The van der Waals surface area contributed by atoms with E-state index in [0.29, 0.717) is 25.1 Å². The van der Waals surface area contributed by atoms with Crippen molar-refractivity contribution in [3.05, 3.63) is 29.3 Å². The quantitative estimate of drug-likeness (QED) is 0.588. The molecule has 1 unspecified atom stereocenters. The van der Waals surface area contributed by atoms with Crippen LogP contribution in [-0.4, -0.2) is 52.4 Å². The van der Waals surface area contributed by atoms with Gasteiger partial charge in [0.05, 0.1) is 0 Å². The normalized spacial score (nSPS) is 30.1. The standard InChI is InChI=1S/C24H30N4O5/c1-22(2,3)33-21(32)25-13-23-10-24(11-23,12-23)27-16-6-4-5-14-15(16)9-28(20(14)31)17-7-8-18(29)26-19(17)30/h4-6,17,27H,7-13H2,1-3H3,(H,25,32)(H,26,29,30). The molecule has 33 heavy (non-hydrogen) atoms. The molecule has 176 valence electrons. The SMILES string of the molecule is CC(C)(C)OC(=O)NCC12CC(Nc3cccc4c3CN(C3CCC(=O)NC3=O)C4=O)(C1)C2. The average Bonchev–Trinajstić information content (AvgIpc) is 2.99. The summed E-state index contributed by atoms with van der Waals surface area (Å²) in [5.41, 5.74) is 2.00. The van der Waals surface area contributed by atoms with Crippen molar-refractivity contribution >= 4 is 29.5 Å². The van der Waals surface area contributed by atoms with E-state index in [1.165, 1.54) is 0 Å². The van der Waals surface area contributed by atoms with E-state index in [0.717, 1.165) is 30.5 Å². The van der Waals surface area contributed by atoms with Gasteiger partial charge in [0.2, 0.25) is 11.8 Å². The van der Waals surface area contributed by atoms with Crippen LogP contribution < -0.4 is 16.0 Å². The molecule has 0 radical (unpaired) electrons. The Morgan fingerprint density at radius 1 is 1.21 bits per heavy atom. The van der Waals surface area contributed by atoms with Crippen LogP contribution in [0, 0.1) is 5.41 Å². The number of fused-ring (bicyclic) bond motifs is 1. The van der Waals surface area contributed by atoms with E-state index in [1.54, 1.807) is 11.0 Å². The lowest BCUT2D eigenvalue weighted by Crippen LogP contribution is -2.73. The van der Waals surface area contributed by atoms with E-state index in [4.69, 9.17) is 4.74 Å². The molecule has 2 heterocycles. The van der Waals surface area contributed by atoms with Gasteiger partial charge >= 0.3 is 6.09 Å². The van der Waals surface area contributed by atoms with Gasteiger partial charge in [-0.2, -0.15) is 0 Å². The van der Waals surface area contributed by atoms with Crippen LogP contribution in [-0.2, 0) is 20.9 Å². The molecule has 5 aliphatic rings. The van der Waals surface area contributed by atoms with Crippen molar-refractivity contribution < 1.29 is 23.9 Å². The number of piperidine rings is 1. The van der Waals surface area contributed by atoms with Crippen molar-refractivity contribution in [3.63, 3.8) is 0 Å². The molecule has 1 atom stereocenters. The number of carbonyl (C=O) groups is 4. The fourth-order valence-electron chi connectivity index (χ4n) is 5.88. The first kappa shape index (κ1) is 21.7. The van der Waals surface area contributed by atoms with Gasteiger partial charge in [-0.25, -0.2) is 4.79 Å². The van der Waals surface area contributed by atoms with Gasteiger partial charge in [-0.1, -0.05) is 6.07 Å². The van der Waals surface area contributed by atoms with Gasteiger partial charge in [0.15, 0.2) is 0 Å². The lowest BCUT2D eigenvalue weighted by atomic mass is 9.39. The number of nitrogens with one attached hydrogen (secondary N) is 3. The van der Waals surface area contributed by atoms with Crippen LogP contribution in [0.4, 0.5) is 10.5 Å². The molecule has 1 aromatic rings. The molecule has 0 spiro atoms. The molecule has 2 aliphatic heterocycles. The first-order valence-corrected chi connectivity index (χ1v) is 11.5. The monoisotopic (exact) mass is 454 g/mol. The number of hydrogen-bond acceptors (Lipinski definition) is 6. The minimum absolute atomic E-state index is 0.0180. The summed E-state index contributed by atoms with van der Waals surface area (Å²) < 4.78 is 5.32. The molecule has 3 N–H and O–H groups in total. The fraction of sp³-hybridized carbons (Fsp3) is 0.583. The Kier molecular flexibility index (Phi) is 4.74. The first-order chi connectivity index (χ1) is 15.5. The Hall–Kier alpha value is -3.10. The number of alkyl carbamates (subject to hydrolysis) is 1. The van der Waals surface area contributed by atoms with Gasteiger partial charge in [-0.3, -0.25) is 19.7 Å². The van der Waals surface area contributed by atoms with E-state index in [2.05, 4.69) is 16.0 Å². The molecule has 3 saturated carbocycles. The molecule has 4 amide bonds. The zero-order valence-electron chi connectivity index (χ0n) is 19.2. The third-order valence-electron chi connectivity index (χ3n) is 7.13. The number of imide groups is 1. The zero-order valence-corrected chi connectivity index (χ0v) is 19.2. The van der Waals surface area contributed by atoms with Crippen LogP contribution in [0.1, 0.15) is 68.8 Å². The Morgan fingerprint density at radius 3 is 2.61 bits per heavy atom. The van der Waals surface area contributed by atoms with Crippen molar-refractivity contribution in [2.24, 2.45) is 5.41 Å². The molecule has 2 bridgehead atoms. The number of rotatable bonds is 5. The molecule has 1 aromatic carbocycles. The molecule has 1 saturated heterocycles. The number of nitrogens with zero attached hydrogens (tertiary/aromatic N) is 1. The van der Waals surface area contributed by atoms with Gasteiger partial charge in [0.1, 0.15) is 11.6 Å². The van der Waals surface area contributed by atoms with Crippen LogP contribution >= 0.6 is 0 Å². The number of amides is 4. The lowest BCUT2D eigenvalue weighted by Gasteiger charge is -2.71. The summed E-state index contributed by atoms with van der Waals surface area (Å²) >= 11 is 0. The third-order valence-corrected chi connectivity index (χ3v) is 7.13. The molecule has 9 nitrogen and oxygen atoms in total. The molecule has 6 rings (SSSR count). The van der Waals surface area contributed by atoms with Crippen molar-refractivity contribution in [1.29, 1.82) is 0 Å². The number of benzene rings is 1. The fourth-order valence-corrected chi connectivity index (χ4v) is 5.88. The Bertz CT molecular complexity index is 1040. The van der Waals surface area contributed by atoms with E-state index < -0.39 is 17.6 Å². The van der Waals surface area contributed by atoms with Gasteiger partial charge in [0.25, 0.3) is 5.91 Å². The van der Waals surface area contributed by atoms with Crippen LogP contribution in [0.15, 0.2) is 18.2 Å². The second kappa shape index (κ2) is 7.20.